The van der Waals surface area contributed by atoms with E-state index in [0.717, 1.165) is 83.5 Å². The van der Waals surface area contributed by atoms with Gasteiger partial charge in [0, 0.05) is 12.8 Å². The molecule has 12 heteroatoms. The first-order valence-electron chi connectivity index (χ1n) is 25.2. The van der Waals surface area contributed by atoms with Gasteiger partial charge in [-0.15, -0.1) is 0 Å². The van der Waals surface area contributed by atoms with Crippen molar-refractivity contribution >= 4 is 25.7 Å². The van der Waals surface area contributed by atoms with E-state index < -0.39 is 57.6 Å². The lowest BCUT2D eigenvalue weighted by atomic mass is 10.0. The topological polar surface area (TPSA) is 169 Å². The Kier molecular flexibility index (Phi) is 44.1. The summed E-state index contributed by atoms with van der Waals surface area (Å²) in [5.74, 6) is -2.38. The molecule has 0 aliphatic heterocycles. The van der Waals surface area contributed by atoms with Gasteiger partial charge in [-0.3, -0.25) is 18.6 Å². The van der Waals surface area contributed by atoms with Crippen LogP contribution in [0.2, 0.25) is 0 Å². The van der Waals surface area contributed by atoms with Crippen LogP contribution in [0.15, 0.2) is 48.6 Å². The second-order valence-electron chi connectivity index (χ2n) is 17.0. The van der Waals surface area contributed by atoms with Gasteiger partial charge in [-0.2, -0.15) is 0 Å². The zero-order chi connectivity index (χ0) is 46.3. The Morgan fingerprint density at radius 3 is 1.33 bits per heavy atom. The first kappa shape index (κ1) is 60.4. The summed E-state index contributed by atoms with van der Waals surface area (Å²) in [6, 6.07) is -1.55. The number of carbonyl (C=O) groups excluding carboxylic acids is 2. The van der Waals surface area contributed by atoms with Crippen molar-refractivity contribution in [1.29, 1.82) is 0 Å². The van der Waals surface area contributed by atoms with Gasteiger partial charge in [-0.1, -0.05) is 204 Å². The summed E-state index contributed by atoms with van der Waals surface area (Å²) in [7, 11) is -4.76. The smallest absolute Gasteiger partial charge is 0.472 e. The van der Waals surface area contributed by atoms with Crippen LogP contribution in [0.3, 0.4) is 0 Å². The fraction of sp³-hybridized carbons (Fsp3) is 0.784. The van der Waals surface area contributed by atoms with Gasteiger partial charge in [0.15, 0.2) is 6.04 Å². The van der Waals surface area contributed by atoms with E-state index in [0.29, 0.717) is 12.8 Å². The number of aliphatic carboxylic acids is 1. The van der Waals surface area contributed by atoms with E-state index in [1.807, 2.05) is 0 Å². The number of phosphoric ester groups is 1. The number of allylic oxidation sites excluding steroid dienone is 8. The minimum atomic E-state index is -4.76. The van der Waals surface area contributed by atoms with Crippen molar-refractivity contribution in [3.8, 4) is 0 Å². The average molecular weight is 910 g/mol. The summed E-state index contributed by atoms with van der Waals surface area (Å²) in [5.41, 5.74) is 0. The Balaban J connectivity index is 3.87. The van der Waals surface area contributed by atoms with Crippen molar-refractivity contribution in [2.75, 3.05) is 19.8 Å². The maximum atomic E-state index is 12.4. The lowest BCUT2D eigenvalue weighted by Crippen LogP contribution is -2.43. The summed E-state index contributed by atoms with van der Waals surface area (Å²) >= 11 is 0. The van der Waals surface area contributed by atoms with Gasteiger partial charge in [0.2, 0.25) is 5.91 Å². The van der Waals surface area contributed by atoms with E-state index in [9.17, 15) is 34.1 Å². The molecule has 0 saturated carbocycles. The Morgan fingerprint density at radius 1 is 0.508 bits per heavy atom. The van der Waals surface area contributed by atoms with Crippen LogP contribution in [-0.2, 0) is 32.7 Å². The van der Waals surface area contributed by atoms with Crippen molar-refractivity contribution in [1.82, 2.24) is 5.32 Å². The summed E-state index contributed by atoms with van der Waals surface area (Å²) in [4.78, 5) is 46.1. The van der Waals surface area contributed by atoms with Gasteiger partial charge in [-0.25, -0.2) is 9.36 Å². The molecule has 0 saturated heterocycles. The van der Waals surface area contributed by atoms with Crippen molar-refractivity contribution in [2.24, 2.45) is 0 Å². The quantitative estimate of drug-likeness (QED) is 0.0200. The van der Waals surface area contributed by atoms with Gasteiger partial charge >= 0.3 is 19.8 Å². The number of esters is 1. The second kappa shape index (κ2) is 46.0. The molecule has 0 fully saturated rings. The Labute approximate surface area is 384 Å². The Bertz CT molecular complexity index is 1250. The van der Waals surface area contributed by atoms with Crippen LogP contribution < -0.4 is 5.32 Å². The van der Waals surface area contributed by atoms with E-state index in [-0.39, 0.29) is 12.8 Å². The number of rotatable bonds is 47. The predicted molar refractivity (Wildman–Crippen MR) is 259 cm³/mol. The van der Waals surface area contributed by atoms with E-state index >= 15 is 0 Å². The van der Waals surface area contributed by atoms with Crippen molar-refractivity contribution in [3.05, 3.63) is 48.6 Å². The average Bonchev–Trinajstić information content (AvgIpc) is 3.26. The molecule has 0 aromatic rings. The first-order valence-corrected chi connectivity index (χ1v) is 26.7. The third kappa shape index (κ3) is 45.8. The third-order valence-electron chi connectivity index (χ3n) is 10.9. The molecule has 4 N–H and O–H groups in total. The maximum Gasteiger partial charge on any atom is 0.472 e. The van der Waals surface area contributed by atoms with Crippen LogP contribution in [0.25, 0.3) is 0 Å². The van der Waals surface area contributed by atoms with Crippen LogP contribution in [0, 0.1) is 0 Å². The van der Waals surface area contributed by atoms with Crippen LogP contribution in [0.4, 0.5) is 0 Å². The molecular formula is C51H92NO10P. The number of aliphatic hydroxyl groups excluding tert-OH is 1. The van der Waals surface area contributed by atoms with E-state index in [1.54, 1.807) is 0 Å². The van der Waals surface area contributed by atoms with E-state index in [4.69, 9.17) is 13.8 Å². The molecule has 11 nitrogen and oxygen atoms in total. The number of unbranched alkanes of at least 4 members (excludes halogenated alkanes) is 25. The number of amides is 1. The molecule has 3 atom stereocenters. The summed E-state index contributed by atoms with van der Waals surface area (Å²) in [6.45, 7) is 2.59. The lowest BCUT2D eigenvalue weighted by molar-refractivity contribution is -0.147. The SMILES string of the molecule is CCCCC/C=C\C/C=C\C/C=C\C/C=C\CCCCCCCCCC(=O)NC(COP(=O)(O)OCC(O)COC(=O)CCCCCCCCCCCCCCCCCC)C(=O)O. The second-order valence-corrected chi connectivity index (χ2v) is 18.5. The number of ether oxygens (including phenoxy) is 1. The lowest BCUT2D eigenvalue weighted by Gasteiger charge is -2.18. The minimum absolute atomic E-state index is 0.132. The highest BCUT2D eigenvalue weighted by Gasteiger charge is 2.28. The van der Waals surface area contributed by atoms with Crippen molar-refractivity contribution in [3.63, 3.8) is 0 Å². The Hall–Kier alpha value is -2.56. The summed E-state index contributed by atoms with van der Waals surface area (Å²) in [5, 5.41) is 21.9. The zero-order valence-electron chi connectivity index (χ0n) is 39.9. The summed E-state index contributed by atoms with van der Waals surface area (Å²) in [6.07, 6.45) is 52.7. The number of carboxylic acid groups (broad SMARTS) is 1. The number of hydrogen-bond acceptors (Lipinski definition) is 8. The van der Waals surface area contributed by atoms with Gasteiger partial charge in [0.05, 0.1) is 13.2 Å². The largest absolute Gasteiger partial charge is 0.480 e. The van der Waals surface area contributed by atoms with Gasteiger partial charge < -0.3 is 25.2 Å². The summed E-state index contributed by atoms with van der Waals surface area (Å²) < 4.78 is 26.9. The molecule has 3 unspecified atom stereocenters. The van der Waals surface area contributed by atoms with Crippen molar-refractivity contribution < 1.29 is 47.8 Å². The molecule has 0 bridgehead atoms. The molecule has 0 aromatic heterocycles. The number of nitrogens with one attached hydrogen (secondary N) is 1. The fourth-order valence-corrected chi connectivity index (χ4v) is 7.72. The van der Waals surface area contributed by atoms with Gasteiger partial charge in [-0.05, 0) is 57.8 Å². The number of carboxylic acids is 1. The number of hydrogen-bond donors (Lipinski definition) is 4. The normalized spacial score (nSPS) is 14.0. The third-order valence-corrected chi connectivity index (χ3v) is 11.8. The Morgan fingerprint density at radius 2 is 0.873 bits per heavy atom. The number of phosphoric acid groups is 1. The molecule has 0 spiro atoms. The first-order chi connectivity index (χ1) is 30.6. The van der Waals surface area contributed by atoms with E-state index in [1.165, 1.54) is 103 Å². The monoisotopic (exact) mass is 910 g/mol. The molecule has 0 aliphatic carbocycles. The van der Waals surface area contributed by atoms with Crippen LogP contribution in [0.5, 0.6) is 0 Å². The molecule has 1 amide bonds. The number of aliphatic hydroxyl groups is 1. The van der Waals surface area contributed by atoms with Gasteiger partial charge in [0.1, 0.15) is 12.7 Å². The van der Waals surface area contributed by atoms with Crippen LogP contribution in [0.1, 0.15) is 226 Å². The molecule has 0 heterocycles. The number of carbonyl (C=O) groups is 3. The minimum Gasteiger partial charge on any atom is -0.480 e. The predicted octanol–water partition coefficient (Wildman–Crippen LogP) is 13.7. The molecule has 0 rings (SSSR count). The zero-order valence-corrected chi connectivity index (χ0v) is 40.8. The standard InChI is InChI=1S/C51H92NO10P/c1-3-5-7-9-11-13-15-17-19-21-22-23-24-25-26-27-28-30-32-34-36-38-40-42-49(54)52-48(51(56)57)46-62-63(58,59)61-45-47(53)44-60-50(55)43-41-39-37-35-33-31-29-20-18-16-14-12-10-8-6-4-2/h11,13,17,19,22-23,25-26,47-48,53H,3-10,12,14-16,18,20-21,24,27-46H2,1-2H3,(H,52,54)(H,56,57)(H,58,59)/b13-11-,19-17-,23-22-,26-25-. The molecule has 366 valence electrons. The van der Waals surface area contributed by atoms with Crippen LogP contribution >= 0.6 is 7.82 Å². The van der Waals surface area contributed by atoms with Gasteiger partial charge in [0.25, 0.3) is 0 Å². The highest BCUT2D eigenvalue weighted by Crippen LogP contribution is 2.43. The molecule has 0 radical (unpaired) electrons. The van der Waals surface area contributed by atoms with Crippen LogP contribution in [-0.4, -0.2) is 64.9 Å². The highest BCUT2D eigenvalue weighted by atomic mass is 31.2. The molecular weight excluding hydrogens is 818 g/mol. The van der Waals surface area contributed by atoms with Crippen molar-refractivity contribution in [2.45, 2.75) is 238 Å². The highest BCUT2D eigenvalue weighted by molar-refractivity contribution is 7.47. The van der Waals surface area contributed by atoms with E-state index in [2.05, 4.69) is 67.8 Å². The maximum absolute atomic E-state index is 12.4. The molecule has 63 heavy (non-hydrogen) atoms. The fourth-order valence-electron chi connectivity index (χ4n) is 6.95. The molecule has 0 aromatic carbocycles. The molecule has 0 aliphatic rings.